The largest absolute Gasteiger partial charge is 0.350 e. The minimum atomic E-state index is -3.58. The minimum absolute atomic E-state index is 0.282. The fourth-order valence-electron chi connectivity index (χ4n) is 1.73. The van der Waals surface area contributed by atoms with Crippen molar-refractivity contribution in [2.24, 2.45) is 0 Å². The summed E-state index contributed by atoms with van der Waals surface area (Å²) in [6.07, 6.45) is 1.06. The van der Waals surface area contributed by atoms with Crippen LogP contribution in [-0.4, -0.2) is 32.7 Å². The average molecular weight is 333 g/mol. The fraction of sp³-hybridized carbons (Fsp3) is 0.500. The van der Waals surface area contributed by atoms with Crippen molar-refractivity contribution < 1.29 is 13.2 Å². The molecule has 1 N–H and O–H groups in total. The Labute approximate surface area is 131 Å². The molecular weight excluding hydrogens is 312 g/mol. The van der Waals surface area contributed by atoms with Crippen LogP contribution < -0.4 is 9.62 Å². The van der Waals surface area contributed by atoms with E-state index in [1.54, 1.807) is 18.2 Å². The zero-order valence-corrected chi connectivity index (χ0v) is 14.5. The van der Waals surface area contributed by atoms with E-state index in [0.29, 0.717) is 10.7 Å². The van der Waals surface area contributed by atoms with Gasteiger partial charge in [0.25, 0.3) is 0 Å². The molecule has 118 valence electrons. The molecule has 0 aliphatic carbocycles. The first-order valence-corrected chi connectivity index (χ1v) is 8.67. The van der Waals surface area contributed by atoms with E-state index in [2.05, 4.69) is 5.32 Å². The van der Waals surface area contributed by atoms with Crippen LogP contribution in [0.25, 0.3) is 0 Å². The number of anilines is 1. The number of aryl methyl sites for hydroxylation is 1. The lowest BCUT2D eigenvalue weighted by atomic mass is 10.1. The number of nitrogens with one attached hydrogen (secondary N) is 1. The molecule has 7 heteroatoms. The molecule has 0 saturated carbocycles. The molecule has 0 unspecified atom stereocenters. The summed E-state index contributed by atoms with van der Waals surface area (Å²) >= 11 is 6.03. The van der Waals surface area contributed by atoms with Crippen LogP contribution in [0.4, 0.5) is 5.69 Å². The van der Waals surface area contributed by atoms with E-state index < -0.39 is 15.6 Å². The summed E-state index contributed by atoms with van der Waals surface area (Å²) in [6.45, 7) is 7.04. The fourth-order valence-corrected chi connectivity index (χ4v) is 2.75. The first kappa shape index (κ1) is 17.8. The number of amides is 1. The summed E-state index contributed by atoms with van der Waals surface area (Å²) in [5.74, 6) is -0.371. The quantitative estimate of drug-likeness (QED) is 0.920. The third kappa shape index (κ3) is 5.55. The van der Waals surface area contributed by atoms with Crippen molar-refractivity contribution in [1.29, 1.82) is 0 Å². The summed E-state index contributed by atoms with van der Waals surface area (Å²) in [4.78, 5) is 12.0. The molecule has 5 nitrogen and oxygen atoms in total. The predicted molar refractivity (Wildman–Crippen MR) is 86.3 cm³/mol. The molecule has 0 atom stereocenters. The molecule has 0 saturated heterocycles. The lowest BCUT2D eigenvalue weighted by molar-refractivity contribution is -0.121. The second-order valence-corrected chi connectivity index (χ2v) is 8.32. The standard InChI is InChI=1S/C14H21ClN2O3S/c1-10-6-7-11(8-12(10)15)17(21(5,19)20)9-13(18)16-14(2,3)4/h6-8H,9H2,1-5H3,(H,16,18). The maximum atomic E-state index is 12.0. The van der Waals surface area contributed by atoms with E-state index in [0.717, 1.165) is 16.1 Å². The third-order valence-electron chi connectivity index (χ3n) is 2.65. The van der Waals surface area contributed by atoms with Gasteiger partial charge in [-0.15, -0.1) is 0 Å². The number of rotatable bonds is 4. The molecule has 0 aliphatic rings. The second-order valence-electron chi connectivity index (χ2n) is 6.00. The van der Waals surface area contributed by atoms with Crippen LogP contribution in [0, 0.1) is 6.92 Å². The Kier molecular flexibility index (Phi) is 5.28. The Balaban J connectivity index is 3.08. The van der Waals surface area contributed by atoms with Crippen molar-refractivity contribution in [3.05, 3.63) is 28.8 Å². The molecular formula is C14H21ClN2O3S. The van der Waals surface area contributed by atoms with Crippen LogP contribution in [0.5, 0.6) is 0 Å². The highest BCUT2D eigenvalue weighted by molar-refractivity contribution is 7.92. The predicted octanol–water partition coefficient (Wildman–Crippen LogP) is 2.33. The number of benzene rings is 1. The van der Waals surface area contributed by atoms with Gasteiger partial charge in [-0.1, -0.05) is 17.7 Å². The van der Waals surface area contributed by atoms with Crippen LogP contribution in [0.3, 0.4) is 0 Å². The summed E-state index contributed by atoms with van der Waals surface area (Å²) in [7, 11) is -3.58. The van der Waals surface area contributed by atoms with Gasteiger partial charge in [-0.25, -0.2) is 8.42 Å². The third-order valence-corrected chi connectivity index (χ3v) is 4.19. The van der Waals surface area contributed by atoms with Crippen LogP contribution in [0.2, 0.25) is 5.02 Å². The average Bonchev–Trinajstić information content (AvgIpc) is 2.26. The Morgan fingerprint density at radius 2 is 1.90 bits per heavy atom. The van der Waals surface area contributed by atoms with Gasteiger partial charge in [0, 0.05) is 10.6 Å². The molecule has 0 heterocycles. The van der Waals surface area contributed by atoms with Gasteiger partial charge >= 0.3 is 0 Å². The van der Waals surface area contributed by atoms with Crippen molar-refractivity contribution in [1.82, 2.24) is 5.32 Å². The lowest BCUT2D eigenvalue weighted by Gasteiger charge is -2.26. The first-order chi connectivity index (χ1) is 9.40. The molecule has 1 rings (SSSR count). The van der Waals surface area contributed by atoms with Crippen LogP contribution in [-0.2, 0) is 14.8 Å². The van der Waals surface area contributed by atoms with Crippen LogP contribution in [0.1, 0.15) is 26.3 Å². The molecule has 0 radical (unpaired) electrons. The Bertz CT molecular complexity index is 636. The maximum absolute atomic E-state index is 12.0. The molecule has 0 aliphatic heterocycles. The van der Waals surface area contributed by atoms with E-state index in [-0.39, 0.29) is 12.5 Å². The Hall–Kier alpha value is -1.27. The molecule has 0 fully saturated rings. The van der Waals surface area contributed by atoms with Gasteiger partial charge in [0.05, 0.1) is 11.9 Å². The molecule has 1 amide bonds. The minimum Gasteiger partial charge on any atom is -0.350 e. The molecule has 0 aromatic heterocycles. The van der Waals surface area contributed by atoms with Crippen molar-refractivity contribution in [2.45, 2.75) is 33.2 Å². The van der Waals surface area contributed by atoms with E-state index in [1.165, 1.54) is 0 Å². The summed E-state index contributed by atoms with van der Waals surface area (Å²) < 4.78 is 24.9. The molecule has 1 aromatic rings. The van der Waals surface area contributed by atoms with Gasteiger partial charge in [0.2, 0.25) is 15.9 Å². The van der Waals surface area contributed by atoms with Crippen molar-refractivity contribution in [3.63, 3.8) is 0 Å². The molecule has 0 bridgehead atoms. The van der Waals surface area contributed by atoms with Gasteiger partial charge in [-0.3, -0.25) is 9.10 Å². The second kappa shape index (κ2) is 6.23. The number of carbonyl (C=O) groups excluding carboxylic acids is 1. The highest BCUT2D eigenvalue weighted by Gasteiger charge is 2.23. The lowest BCUT2D eigenvalue weighted by Crippen LogP contribution is -2.47. The Morgan fingerprint density at radius 3 is 2.33 bits per heavy atom. The van der Waals surface area contributed by atoms with Crippen molar-refractivity contribution in [2.75, 3.05) is 17.1 Å². The van der Waals surface area contributed by atoms with Crippen molar-refractivity contribution in [3.8, 4) is 0 Å². The highest BCUT2D eigenvalue weighted by atomic mass is 35.5. The molecule has 21 heavy (non-hydrogen) atoms. The van der Waals surface area contributed by atoms with Gasteiger partial charge < -0.3 is 5.32 Å². The number of sulfonamides is 1. The number of carbonyl (C=O) groups is 1. The number of halogens is 1. The van der Waals surface area contributed by atoms with E-state index in [9.17, 15) is 13.2 Å². The van der Waals surface area contributed by atoms with E-state index >= 15 is 0 Å². The molecule has 0 spiro atoms. The Morgan fingerprint density at radius 1 is 1.33 bits per heavy atom. The summed E-state index contributed by atoms with van der Waals surface area (Å²) in [5, 5.41) is 3.20. The van der Waals surface area contributed by atoms with Gasteiger partial charge in [-0.2, -0.15) is 0 Å². The topological polar surface area (TPSA) is 66.5 Å². The van der Waals surface area contributed by atoms with Gasteiger partial charge in [0.1, 0.15) is 6.54 Å². The zero-order chi connectivity index (χ0) is 16.4. The van der Waals surface area contributed by atoms with Gasteiger partial charge in [0.15, 0.2) is 0 Å². The SMILES string of the molecule is Cc1ccc(N(CC(=O)NC(C)(C)C)S(C)(=O)=O)cc1Cl. The summed E-state index contributed by atoms with van der Waals surface area (Å²) in [6, 6.07) is 4.90. The number of hydrogen-bond donors (Lipinski definition) is 1. The van der Waals surface area contributed by atoms with Crippen LogP contribution >= 0.6 is 11.6 Å². The highest BCUT2D eigenvalue weighted by Crippen LogP contribution is 2.24. The maximum Gasteiger partial charge on any atom is 0.241 e. The van der Waals surface area contributed by atoms with Crippen LogP contribution in [0.15, 0.2) is 18.2 Å². The van der Waals surface area contributed by atoms with E-state index in [1.807, 2.05) is 27.7 Å². The smallest absolute Gasteiger partial charge is 0.241 e. The normalized spacial score (nSPS) is 12.1. The van der Waals surface area contributed by atoms with Gasteiger partial charge in [-0.05, 0) is 45.4 Å². The number of hydrogen-bond acceptors (Lipinski definition) is 3. The monoisotopic (exact) mass is 332 g/mol. The van der Waals surface area contributed by atoms with E-state index in [4.69, 9.17) is 11.6 Å². The molecule has 1 aromatic carbocycles. The first-order valence-electron chi connectivity index (χ1n) is 6.45. The number of nitrogens with zero attached hydrogens (tertiary/aromatic N) is 1. The van der Waals surface area contributed by atoms with Crippen molar-refractivity contribution >= 4 is 33.2 Å². The zero-order valence-electron chi connectivity index (χ0n) is 12.9. The summed E-state index contributed by atoms with van der Waals surface area (Å²) in [5.41, 5.74) is 0.788.